The van der Waals surface area contributed by atoms with Gasteiger partial charge in [-0.1, -0.05) is 42.5 Å². The molecule has 1 aliphatic heterocycles. The summed E-state index contributed by atoms with van der Waals surface area (Å²) in [6.07, 6.45) is 0.474. The number of likely N-dealkylation sites (N-methyl/N-ethyl adjacent to an activating group) is 1. The lowest BCUT2D eigenvalue weighted by molar-refractivity contribution is -0.134. The van der Waals surface area contributed by atoms with Crippen LogP contribution in [0.3, 0.4) is 0 Å². The highest BCUT2D eigenvalue weighted by Gasteiger charge is 2.28. The summed E-state index contributed by atoms with van der Waals surface area (Å²) in [5.41, 5.74) is 1.79. The SMILES string of the molecule is CNc1ccc2cccc(OCC(=O)N(C)[C@H](CN3CCC(O)C3)c3ccccc3)c2n1. The lowest BCUT2D eigenvalue weighted by atomic mass is 10.0. The quantitative estimate of drug-likeness (QED) is 0.568. The van der Waals surface area contributed by atoms with Gasteiger partial charge in [0.05, 0.1) is 12.1 Å². The van der Waals surface area contributed by atoms with Crippen LogP contribution in [-0.4, -0.2) is 72.2 Å². The molecule has 0 spiro atoms. The van der Waals surface area contributed by atoms with Gasteiger partial charge in [0.2, 0.25) is 0 Å². The van der Waals surface area contributed by atoms with E-state index in [9.17, 15) is 9.90 Å². The summed E-state index contributed by atoms with van der Waals surface area (Å²) in [6.45, 7) is 2.06. The number of aliphatic hydroxyl groups excluding tert-OH is 1. The van der Waals surface area contributed by atoms with E-state index in [2.05, 4.69) is 15.2 Å². The van der Waals surface area contributed by atoms with Crippen molar-refractivity contribution in [3.8, 4) is 5.75 Å². The van der Waals surface area contributed by atoms with Crippen LogP contribution in [0, 0.1) is 0 Å². The predicted molar refractivity (Wildman–Crippen MR) is 126 cm³/mol. The summed E-state index contributed by atoms with van der Waals surface area (Å²) in [5.74, 6) is 1.22. The van der Waals surface area contributed by atoms with Crippen LogP contribution in [0.15, 0.2) is 60.7 Å². The fourth-order valence-electron chi connectivity index (χ4n) is 4.14. The van der Waals surface area contributed by atoms with Gasteiger partial charge >= 0.3 is 0 Å². The third kappa shape index (κ3) is 5.00. The first kappa shape index (κ1) is 22.0. The van der Waals surface area contributed by atoms with Crippen molar-refractivity contribution in [1.82, 2.24) is 14.8 Å². The number of aromatic nitrogens is 1. The second-order valence-corrected chi connectivity index (χ2v) is 8.20. The number of fused-ring (bicyclic) bond motifs is 1. The number of hydrogen-bond donors (Lipinski definition) is 2. The van der Waals surface area contributed by atoms with Crippen molar-refractivity contribution in [3.63, 3.8) is 0 Å². The van der Waals surface area contributed by atoms with Gasteiger partial charge < -0.3 is 20.1 Å². The summed E-state index contributed by atoms with van der Waals surface area (Å²) in [4.78, 5) is 21.7. The first-order valence-electron chi connectivity index (χ1n) is 11.0. The molecule has 7 nitrogen and oxygen atoms in total. The Morgan fingerprint density at radius 1 is 1.22 bits per heavy atom. The van der Waals surface area contributed by atoms with Gasteiger partial charge in [0.1, 0.15) is 17.1 Å². The summed E-state index contributed by atoms with van der Waals surface area (Å²) in [5, 5.41) is 13.9. The van der Waals surface area contributed by atoms with E-state index in [-0.39, 0.29) is 24.7 Å². The zero-order chi connectivity index (χ0) is 22.5. The van der Waals surface area contributed by atoms with Crippen molar-refractivity contribution in [2.45, 2.75) is 18.6 Å². The number of anilines is 1. The van der Waals surface area contributed by atoms with E-state index in [0.29, 0.717) is 18.8 Å². The highest BCUT2D eigenvalue weighted by Crippen LogP contribution is 2.26. The number of carbonyl (C=O) groups excluding carboxylic acids is 1. The number of amides is 1. The minimum Gasteiger partial charge on any atom is -0.481 e. The molecule has 1 aliphatic rings. The van der Waals surface area contributed by atoms with Gasteiger partial charge in [-0.25, -0.2) is 4.98 Å². The van der Waals surface area contributed by atoms with Crippen LogP contribution in [-0.2, 0) is 4.79 Å². The number of likely N-dealkylation sites (tertiary alicyclic amines) is 1. The maximum absolute atomic E-state index is 13.1. The Morgan fingerprint density at radius 3 is 2.75 bits per heavy atom. The van der Waals surface area contributed by atoms with Crippen LogP contribution < -0.4 is 10.1 Å². The largest absolute Gasteiger partial charge is 0.481 e. The Kier molecular flexibility index (Phi) is 6.87. The fourth-order valence-corrected chi connectivity index (χ4v) is 4.14. The average molecular weight is 435 g/mol. The highest BCUT2D eigenvalue weighted by molar-refractivity contribution is 5.86. The third-order valence-corrected chi connectivity index (χ3v) is 6.01. The Bertz CT molecular complexity index is 1060. The third-order valence-electron chi connectivity index (χ3n) is 6.01. The lowest BCUT2D eigenvalue weighted by Crippen LogP contribution is -2.40. The van der Waals surface area contributed by atoms with Crippen LogP contribution in [0.25, 0.3) is 10.9 Å². The summed E-state index contributed by atoms with van der Waals surface area (Å²) in [6, 6.07) is 19.5. The number of para-hydroxylation sites is 1. The second-order valence-electron chi connectivity index (χ2n) is 8.20. The average Bonchev–Trinajstić information content (AvgIpc) is 3.25. The summed E-state index contributed by atoms with van der Waals surface area (Å²) in [7, 11) is 3.63. The van der Waals surface area contributed by atoms with Gasteiger partial charge in [0.15, 0.2) is 6.61 Å². The number of ether oxygens (including phenoxy) is 1. The molecular formula is C25H30N4O3. The van der Waals surface area contributed by atoms with Gasteiger partial charge in [-0.2, -0.15) is 0 Å². The molecule has 2 atom stereocenters. The Hall–Kier alpha value is -3.16. The smallest absolute Gasteiger partial charge is 0.260 e. The molecule has 1 amide bonds. The molecule has 4 rings (SSSR count). The first-order chi connectivity index (χ1) is 15.5. The van der Waals surface area contributed by atoms with E-state index in [4.69, 9.17) is 4.74 Å². The van der Waals surface area contributed by atoms with Crippen molar-refractivity contribution in [3.05, 3.63) is 66.2 Å². The molecule has 1 aromatic heterocycles. The van der Waals surface area contributed by atoms with Gasteiger partial charge in [0, 0.05) is 39.1 Å². The Morgan fingerprint density at radius 2 is 2.03 bits per heavy atom. The van der Waals surface area contributed by atoms with E-state index in [0.717, 1.165) is 35.2 Å². The monoisotopic (exact) mass is 434 g/mol. The molecule has 2 N–H and O–H groups in total. The molecule has 2 heterocycles. The van der Waals surface area contributed by atoms with Gasteiger partial charge in [-0.05, 0) is 30.2 Å². The molecule has 168 valence electrons. The molecule has 0 bridgehead atoms. The molecule has 0 radical (unpaired) electrons. The summed E-state index contributed by atoms with van der Waals surface area (Å²) < 4.78 is 5.94. The van der Waals surface area contributed by atoms with Gasteiger partial charge in [-0.3, -0.25) is 9.69 Å². The molecule has 1 fully saturated rings. The number of hydrogen-bond acceptors (Lipinski definition) is 6. The maximum Gasteiger partial charge on any atom is 0.260 e. The number of β-amino-alcohol motifs (C(OH)–C–C–N with tert-alkyl or cyclic N) is 1. The van der Waals surface area contributed by atoms with E-state index < -0.39 is 0 Å². The molecule has 2 aromatic carbocycles. The number of rotatable bonds is 8. The van der Waals surface area contributed by atoms with Gasteiger partial charge in [-0.15, -0.1) is 0 Å². The fraction of sp³-hybridized carbons (Fsp3) is 0.360. The lowest BCUT2D eigenvalue weighted by Gasteiger charge is -2.32. The zero-order valence-electron chi connectivity index (χ0n) is 18.6. The second kappa shape index (κ2) is 9.97. The van der Waals surface area contributed by atoms with Crippen molar-refractivity contribution in [1.29, 1.82) is 0 Å². The number of nitrogens with one attached hydrogen (secondary N) is 1. The number of nitrogens with zero attached hydrogens (tertiary/aromatic N) is 3. The number of pyridine rings is 1. The Balaban J connectivity index is 1.49. The van der Waals surface area contributed by atoms with E-state index in [1.54, 1.807) is 4.90 Å². The van der Waals surface area contributed by atoms with Crippen molar-refractivity contribution < 1.29 is 14.6 Å². The van der Waals surface area contributed by atoms with Crippen molar-refractivity contribution in [2.75, 3.05) is 45.7 Å². The van der Waals surface area contributed by atoms with Crippen LogP contribution in [0.5, 0.6) is 5.75 Å². The predicted octanol–water partition coefficient (Wildman–Crippen LogP) is 2.92. The number of aliphatic hydroxyl groups is 1. The normalized spacial score (nSPS) is 17.3. The molecule has 0 aliphatic carbocycles. The minimum atomic E-state index is -0.294. The van der Waals surface area contributed by atoms with Crippen LogP contribution in [0.1, 0.15) is 18.0 Å². The molecule has 1 saturated heterocycles. The van der Waals surface area contributed by atoms with Crippen molar-refractivity contribution in [2.24, 2.45) is 0 Å². The number of benzene rings is 2. The van der Waals surface area contributed by atoms with Crippen LogP contribution in [0.2, 0.25) is 0 Å². The van der Waals surface area contributed by atoms with E-state index in [1.807, 2.05) is 74.8 Å². The van der Waals surface area contributed by atoms with Crippen molar-refractivity contribution >= 4 is 22.6 Å². The van der Waals surface area contributed by atoms with E-state index >= 15 is 0 Å². The molecule has 3 aromatic rings. The summed E-state index contributed by atoms with van der Waals surface area (Å²) >= 11 is 0. The topological polar surface area (TPSA) is 77.9 Å². The van der Waals surface area contributed by atoms with Crippen LogP contribution >= 0.6 is 0 Å². The first-order valence-corrected chi connectivity index (χ1v) is 11.0. The van der Waals surface area contributed by atoms with Crippen LogP contribution in [0.4, 0.5) is 5.82 Å². The highest BCUT2D eigenvalue weighted by atomic mass is 16.5. The molecule has 32 heavy (non-hydrogen) atoms. The maximum atomic E-state index is 13.1. The minimum absolute atomic E-state index is 0.0764. The zero-order valence-corrected chi connectivity index (χ0v) is 18.6. The standard InChI is InChI=1S/C25H30N4O3/c1-26-23-12-11-19-9-6-10-22(25(19)27-23)32-17-24(31)28(2)21(18-7-4-3-5-8-18)16-29-14-13-20(30)15-29/h3-12,20-21,30H,13-17H2,1-2H3,(H,26,27)/t20?,21-/m1/s1. The van der Waals surface area contributed by atoms with E-state index in [1.165, 1.54) is 0 Å². The molecule has 1 unspecified atom stereocenters. The molecule has 7 heteroatoms. The number of carbonyl (C=O) groups is 1. The molecular weight excluding hydrogens is 404 g/mol. The molecule has 0 saturated carbocycles. The Labute approximate surface area is 188 Å². The van der Waals surface area contributed by atoms with Gasteiger partial charge in [0.25, 0.3) is 5.91 Å².